The van der Waals surface area contributed by atoms with Crippen LogP contribution in [0.25, 0.3) is 0 Å². The number of carboxylic acid groups (broad SMARTS) is 1. The minimum absolute atomic E-state index is 0.275. The number of ether oxygens (including phenoxy) is 2. The van der Waals surface area contributed by atoms with E-state index in [0.717, 1.165) is 37.4 Å². The lowest BCUT2D eigenvalue weighted by Crippen LogP contribution is -2.44. The first-order valence-electron chi connectivity index (χ1n) is 7.21. The predicted molar refractivity (Wildman–Crippen MR) is 73.9 cm³/mol. The zero-order chi connectivity index (χ0) is 14.0. The molecule has 4 nitrogen and oxygen atoms in total. The Hall–Kier alpha value is -1.55. The molecule has 0 saturated carbocycles. The maximum Gasteiger partial charge on any atom is 0.313 e. The molecule has 3 rings (SSSR count). The van der Waals surface area contributed by atoms with Gasteiger partial charge in [-0.15, -0.1) is 0 Å². The van der Waals surface area contributed by atoms with Gasteiger partial charge in [-0.2, -0.15) is 0 Å². The van der Waals surface area contributed by atoms with Crippen LogP contribution in [0.3, 0.4) is 0 Å². The number of rotatable bonds is 3. The summed E-state index contributed by atoms with van der Waals surface area (Å²) in [5, 5.41) is 9.73. The minimum atomic E-state index is -0.781. The molecule has 1 saturated heterocycles. The first kappa shape index (κ1) is 13.4. The van der Waals surface area contributed by atoms with Gasteiger partial charge in [0.25, 0.3) is 0 Å². The molecule has 0 amide bonds. The van der Waals surface area contributed by atoms with Crippen molar-refractivity contribution in [3.8, 4) is 5.75 Å². The molecule has 2 aliphatic rings. The standard InChI is InChI=1S/C16H20O4/c17-15(18)16(9-12-5-7-19-8-6-12)10-13-3-1-2-4-14(13)20-11-16/h1-4,12H,5-11H2,(H,17,18). The lowest BCUT2D eigenvalue weighted by Gasteiger charge is -2.37. The molecule has 108 valence electrons. The summed E-state index contributed by atoms with van der Waals surface area (Å²) in [6, 6.07) is 7.74. The van der Waals surface area contributed by atoms with Crippen LogP contribution < -0.4 is 4.74 Å². The van der Waals surface area contributed by atoms with E-state index in [2.05, 4.69) is 0 Å². The maximum atomic E-state index is 11.8. The highest BCUT2D eigenvalue weighted by Gasteiger charge is 2.44. The van der Waals surface area contributed by atoms with E-state index in [1.165, 1.54) is 0 Å². The number of hydrogen-bond donors (Lipinski definition) is 1. The van der Waals surface area contributed by atoms with Crippen molar-refractivity contribution in [2.45, 2.75) is 25.7 Å². The number of benzene rings is 1. The Morgan fingerprint density at radius 2 is 2.05 bits per heavy atom. The van der Waals surface area contributed by atoms with Gasteiger partial charge in [0.15, 0.2) is 0 Å². The van der Waals surface area contributed by atoms with Crippen molar-refractivity contribution >= 4 is 5.97 Å². The van der Waals surface area contributed by atoms with Crippen LogP contribution in [0.15, 0.2) is 24.3 Å². The van der Waals surface area contributed by atoms with Crippen LogP contribution >= 0.6 is 0 Å². The summed E-state index contributed by atoms with van der Waals surface area (Å²) < 4.78 is 11.1. The summed E-state index contributed by atoms with van der Waals surface area (Å²) in [6.45, 7) is 1.77. The third kappa shape index (κ3) is 2.52. The van der Waals surface area contributed by atoms with Gasteiger partial charge in [0.2, 0.25) is 0 Å². The van der Waals surface area contributed by atoms with Gasteiger partial charge in [-0.05, 0) is 43.2 Å². The monoisotopic (exact) mass is 276 g/mol. The first-order valence-corrected chi connectivity index (χ1v) is 7.21. The van der Waals surface area contributed by atoms with E-state index < -0.39 is 11.4 Å². The van der Waals surface area contributed by atoms with Crippen LogP contribution in [0.2, 0.25) is 0 Å². The normalized spacial score (nSPS) is 26.6. The summed E-state index contributed by atoms with van der Waals surface area (Å²) in [6.07, 6.45) is 3.16. The zero-order valence-corrected chi connectivity index (χ0v) is 11.5. The molecule has 0 radical (unpaired) electrons. The van der Waals surface area contributed by atoms with Gasteiger partial charge < -0.3 is 14.6 Å². The van der Waals surface area contributed by atoms with E-state index in [-0.39, 0.29) is 6.61 Å². The van der Waals surface area contributed by atoms with E-state index in [1.54, 1.807) is 0 Å². The van der Waals surface area contributed by atoms with Crippen LogP contribution in [0.5, 0.6) is 5.75 Å². The van der Waals surface area contributed by atoms with Crippen molar-refractivity contribution in [1.29, 1.82) is 0 Å². The average Bonchev–Trinajstić information content (AvgIpc) is 2.48. The van der Waals surface area contributed by atoms with Crippen molar-refractivity contribution < 1.29 is 19.4 Å². The molecule has 0 aromatic heterocycles. The number of carboxylic acids is 1. The molecule has 1 atom stereocenters. The van der Waals surface area contributed by atoms with Gasteiger partial charge in [0.05, 0.1) is 0 Å². The highest BCUT2D eigenvalue weighted by Crippen LogP contribution is 2.40. The molecule has 0 bridgehead atoms. The second-order valence-electron chi connectivity index (χ2n) is 5.92. The van der Waals surface area contributed by atoms with E-state index in [1.807, 2.05) is 24.3 Å². The lowest BCUT2D eigenvalue weighted by molar-refractivity contribution is -0.153. The van der Waals surface area contributed by atoms with Crippen molar-refractivity contribution in [2.24, 2.45) is 11.3 Å². The molecule has 2 aliphatic heterocycles. The molecule has 1 fully saturated rings. The zero-order valence-electron chi connectivity index (χ0n) is 11.5. The molecule has 20 heavy (non-hydrogen) atoms. The molecule has 4 heteroatoms. The largest absolute Gasteiger partial charge is 0.492 e. The summed E-state index contributed by atoms with van der Waals surface area (Å²) >= 11 is 0. The molecule has 2 heterocycles. The minimum Gasteiger partial charge on any atom is -0.492 e. The van der Waals surface area contributed by atoms with Crippen LogP contribution in [0, 0.1) is 11.3 Å². The summed E-state index contributed by atoms with van der Waals surface area (Å²) in [5.41, 5.74) is 0.226. The fourth-order valence-corrected chi connectivity index (χ4v) is 3.28. The molecule has 1 N–H and O–H groups in total. The van der Waals surface area contributed by atoms with E-state index >= 15 is 0 Å². The number of carbonyl (C=O) groups is 1. The molecule has 0 aliphatic carbocycles. The number of fused-ring (bicyclic) bond motifs is 1. The van der Waals surface area contributed by atoms with Crippen LogP contribution in [0.1, 0.15) is 24.8 Å². The maximum absolute atomic E-state index is 11.8. The van der Waals surface area contributed by atoms with Crippen molar-refractivity contribution in [3.63, 3.8) is 0 Å². The summed E-state index contributed by atoms with van der Waals surface area (Å²) in [7, 11) is 0. The Labute approximate surface area is 118 Å². The molecule has 0 spiro atoms. The Bertz CT molecular complexity index is 493. The number of para-hydroxylation sites is 1. The third-order valence-electron chi connectivity index (χ3n) is 4.48. The number of aliphatic carboxylic acids is 1. The highest BCUT2D eigenvalue weighted by molar-refractivity contribution is 5.76. The lowest BCUT2D eigenvalue weighted by atomic mass is 9.72. The summed E-state index contributed by atoms with van der Waals surface area (Å²) in [5.74, 6) is 0.517. The molecule has 1 unspecified atom stereocenters. The van der Waals surface area contributed by atoms with Crippen molar-refractivity contribution in [3.05, 3.63) is 29.8 Å². The molecule has 1 aromatic rings. The Morgan fingerprint density at radius 3 is 2.80 bits per heavy atom. The third-order valence-corrected chi connectivity index (χ3v) is 4.48. The van der Waals surface area contributed by atoms with E-state index in [0.29, 0.717) is 18.8 Å². The van der Waals surface area contributed by atoms with Crippen LogP contribution in [-0.2, 0) is 16.0 Å². The fraction of sp³-hybridized carbons (Fsp3) is 0.562. The summed E-state index contributed by atoms with van der Waals surface area (Å²) in [4.78, 5) is 11.8. The molecule has 1 aromatic carbocycles. The SMILES string of the molecule is O=C(O)C1(CC2CCOCC2)COc2ccccc2C1. The molecular formula is C16H20O4. The Morgan fingerprint density at radius 1 is 1.30 bits per heavy atom. The Balaban J connectivity index is 1.81. The van der Waals surface area contributed by atoms with Gasteiger partial charge in [-0.3, -0.25) is 4.79 Å². The first-order chi connectivity index (χ1) is 9.70. The quantitative estimate of drug-likeness (QED) is 0.921. The second kappa shape index (κ2) is 5.44. The Kier molecular flexibility index (Phi) is 3.66. The van der Waals surface area contributed by atoms with Gasteiger partial charge in [-0.25, -0.2) is 0 Å². The average molecular weight is 276 g/mol. The molecular weight excluding hydrogens is 256 g/mol. The van der Waals surface area contributed by atoms with E-state index in [9.17, 15) is 9.90 Å². The van der Waals surface area contributed by atoms with Gasteiger partial charge in [0.1, 0.15) is 17.8 Å². The van der Waals surface area contributed by atoms with Gasteiger partial charge >= 0.3 is 5.97 Å². The number of hydrogen-bond acceptors (Lipinski definition) is 3. The smallest absolute Gasteiger partial charge is 0.313 e. The van der Waals surface area contributed by atoms with Gasteiger partial charge in [-0.1, -0.05) is 18.2 Å². The van der Waals surface area contributed by atoms with Crippen molar-refractivity contribution in [1.82, 2.24) is 0 Å². The van der Waals surface area contributed by atoms with Crippen LogP contribution in [0.4, 0.5) is 0 Å². The fourth-order valence-electron chi connectivity index (χ4n) is 3.28. The van der Waals surface area contributed by atoms with Crippen molar-refractivity contribution in [2.75, 3.05) is 19.8 Å². The second-order valence-corrected chi connectivity index (χ2v) is 5.92. The highest BCUT2D eigenvalue weighted by atomic mass is 16.5. The van der Waals surface area contributed by atoms with Gasteiger partial charge in [0, 0.05) is 13.2 Å². The topological polar surface area (TPSA) is 55.8 Å². The van der Waals surface area contributed by atoms with Crippen LogP contribution in [-0.4, -0.2) is 30.9 Å². The van der Waals surface area contributed by atoms with E-state index in [4.69, 9.17) is 9.47 Å². The predicted octanol–water partition coefficient (Wildman–Crippen LogP) is 2.51.